The van der Waals surface area contributed by atoms with E-state index in [9.17, 15) is 8.42 Å². The van der Waals surface area contributed by atoms with Crippen LogP contribution in [0.4, 0.5) is 0 Å². The van der Waals surface area contributed by atoms with E-state index in [1.165, 1.54) is 24.3 Å². The summed E-state index contributed by atoms with van der Waals surface area (Å²) in [6, 6.07) is 9.25. The summed E-state index contributed by atoms with van der Waals surface area (Å²) in [5, 5.41) is 12.3. The first-order chi connectivity index (χ1) is 9.01. The summed E-state index contributed by atoms with van der Waals surface area (Å²) >= 11 is 0. The average molecular weight is 277 g/mol. The zero-order valence-corrected chi connectivity index (χ0v) is 10.9. The molecule has 0 radical (unpaired) electrons. The molecule has 7 heteroatoms. The number of hydrogen-bond acceptors (Lipinski definition) is 5. The second-order valence-corrected chi connectivity index (χ2v) is 5.66. The molecule has 0 bridgehead atoms. The molecular weight excluding hydrogens is 266 g/mol. The maximum atomic E-state index is 12.0. The minimum atomic E-state index is -3.62. The van der Waals surface area contributed by atoms with Gasteiger partial charge in [-0.05, 0) is 31.2 Å². The normalized spacial score (nSPS) is 11.2. The van der Waals surface area contributed by atoms with E-state index in [-0.39, 0.29) is 11.4 Å². The Hall–Kier alpha value is -2.17. The van der Waals surface area contributed by atoms with Gasteiger partial charge in [-0.25, -0.2) is 13.1 Å². The van der Waals surface area contributed by atoms with Crippen LogP contribution in [0.5, 0.6) is 0 Å². The van der Waals surface area contributed by atoms with E-state index in [1.54, 1.807) is 13.0 Å². The van der Waals surface area contributed by atoms with Crippen LogP contribution >= 0.6 is 0 Å². The average Bonchev–Trinajstić information content (AvgIpc) is 2.82. The zero-order valence-electron chi connectivity index (χ0n) is 10.1. The molecule has 0 amide bonds. The van der Waals surface area contributed by atoms with Crippen LogP contribution in [0.15, 0.2) is 39.8 Å². The van der Waals surface area contributed by atoms with Gasteiger partial charge in [0.15, 0.2) is 5.76 Å². The summed E-state index contributed by atoms with van der Waals surface area (Å²) in [6.07, 6.45) is 0. The molecule has 0 saturated heterocycles. The highest BCUT2D eigenvalue weighted by Crippen LogP contribution is 2.11. The molecule has 0 unspecified atom stereocenters. The number of sulfonamides is 1. The lowest BCUT2D eigenvalue weighted by atomic mass is 10.2. The standard InChI is InChI=1S/C12H11N3O3S/c1-9-6-11(18-15-9)8-14-19(16,17)12-4-2-10(7-13)3-5-12/h2-6,14H,8H2,1H3. The Balaban J connectivity index is 2.11. The molecule has 6 nitrogen and oxygen atoms in total. The smallest absolute Gasteiger partial charge is 0.240 e. The fraction of sp³-hybridized carbons (Fsp3) is 0.167. The van der Waals surface area contributed by atoms with Crippen molar-refractivity contribution in [2.75, 3.05) is 0 Å². The van der Waals surface area contributed by atoms with Crippen LogP contribution in [0, 0.1) is 18.3 Å². The van der Waals surface area contributed by atoms with Crippen LogP contribution in [-0.2, 0) is 16.6 Å². The van der Waals surface area contributed by atoms with Crippen molar-refractivity contribution in [3.63, 3.8) is 0 Å². The molecule has 98 valence electrons. The van der Waals surface area contributed by atoms with E-state index >= 15 is 0 Å². The van der Waals surface area contributed by atoms with E-state index in [2.05, 4.69) is 9.88 Å². The molecule has 0 aliphatic carbocycles. The summed E-state index contributed by atoms with van der Waals surface area (Å²) in [5.74, 6) is 0.440. The predicted octanol–water partition coefficient (Wildman–Crippen LogP) is 1.33. The lowest BCUT2D eigenvalue weighted by Crippen LogP contribution is -2.22. The van der Waals surface area contributed by atoms with Gasteiger partial charge in [0.25, 0.3) is 0 Å². The molecule has 2 rings (SSSR count). The van der Waals surface area contributed by atoms with Gasteiger partial charge in [0.2, 0.25) is 10.0 Å². The Morgan fingerprint density at radius 1 is 1.37 bits per heavy atom. The van der Waals surface area contributed by atoms with Crippen molar-refractivity contribution in [1.82, 2.24) is 9.88 Å². The van der Waals surface area contributed by atoms with E-state index in [0.717, 1.165) is 0 Å². The molecular formula is C12H11N3O3S. The van der Waals surface area contributed by atoms with Gasteiger partial charge < -0.3 is 4.52 Å². The maximum Gasteiger partial charge on any atom is 0.240 e. The van der Waals surface area contributed by atoms with Crippen molar-refractivity contribution in [3.8, 4) is 6.07 Å². The molecule has 0 aliphatic heterocycles. The third kappa shape index (κ3) is 3.19. The van der Waals surface area contributed by atoms with Gasteiger partial charge in [-0.15, -0.1) is 0 Å². The van der Waals surface area contributed by atoms with Crippen LogP contribution in [-0.4, -0.2) is 13.6 Å². The number of hydrogen-bond donors (Lipinski definition) is 1. The van der Waals surface area contributed by atoms with Crippen LogP contribution in [0.3, 0.4) is 0 Å². The third-order valence-corrected chi connectivity index (χ3v) is 3.82. The Bertz CT molecular complexity index is 711. The van der Waals surface area contributed by atoms with E-state index in [4.69, 9.17) is 9.78 Å². The molecule has 19 heavy (non-hydrogen) atoms. The molecule has 0 saturated carbocycles. The van der Waals surface area contributed by atoms with Crippen LogP contribution in [0.1, 0.15) is 17.0 Å². The van der Waals surface area contributed by atoms with Gasteiger partial charge in [0.05, 0.1) is 28.8 Å². The molecule has 0 aliphatic rings. The van der Waals surface area contributed by atoms with Crippen LogP contribution < -0.4 is 4.72 Å². The summed E-state index contributed by atoms with van der Waals surface area (Å²) < 4.78 is 31.2. The van der Waals surface area contributed by atoms with Crippen molar-refractivity contribution in [2.24, 2.45) is 0 Å². The van der Waals surface area contributed by atoms with Crippen molar-refractivity contribution >= 4 is 10.0 Å². The second-order valence-electron chi connectivity index (χ2n) is 3.90. The molecule has 0 fully saturated rings. The fourth-order valence-electron chi connectivity index (χ4n) is 1.46. The molecule has 1 N–H and O–H groups in total. The van der Waals surface area contributed by atoms with E-state index in [0.29, 0.717) is 17.0 Å². The lowest BCUT2D eigenvalue weighted by molar-refractivity contribution is 0.377. The van der Waals surface area contributed by atoms with E-state index < -0.39 is 10.0 Å². The van der Waals surface area contributed by atoms with E-state index in [1.807, 2.05) is 6.07 Å². The molecule has 0 atom stereocenters. The summed E-state index contributed by atoms with van der Waals surface area (Å²) in [5.41, 5.74) is 1.09. The molecule has 1 heterocycles. The molecule has 1 aromatic carbocycles. The van der Waals surface area contributed by atoms with Gasteiger partial charge in [0, 0.05) is 6.07 Å². The number of aromatic nitrogens is 1. The van der Waals surface area contributed by atoms with Gasteiger partial charge >= 0.3 is 0 Å². The Morgan fingerprint density at radius 2 is 2.05 bits per heavy atom. The predicted molar refractivity (Wildman–Crippen MR) is 66.4 cm³/mol. The Kier molecular flexibility index (Phi) is 3.64. The minimum Gasteiger partial charge on any atom is -0.360 e. The summed E-state index contributed by atoms with van der Waals surface area (Å²) in [6.45, 7) is 1.78. The number of nitrogens with zero attached hydrogens (tertiary/aromatic N) is 2. The number of nitrogens with one attached hydrogen (secondary N) is 1. The number of benzene rings is 1. The lowest BCUT2D eigenvalue weighted by Gasteiger charge is -2.04. The summed E-state index contributed by atoms with van der Waals surface area (Å²) in [7, 11) is -3.62. The van der Waals surface area contributed by atoms with Crippen molar-refractivity contribution in [1.29, 1.82) is 5.26 Å². The van der Waals surface area contributed by atoms with Gasteiger partial charge in [-0.1, -0.05) is 5.16 Å². The maximum absolute atomic E-state index is 12.0. The van der Waals surface area contributed by atoms with Crippen molar-refractivity contribution in [2.45, 2.75) is 18.4 Å². The van der Waals surface area contributed by atoms with Gasteiger partial charge in [-0.2, -0.15) is 5.26 Å². The zero-order chi connectivity index (χ0) is 13.9. The first-order valence-electron chi connectivity index (χ1n) is 5.43. The minimum absolute atomic E-state index is 0.0309. The molecule has 2 aromatic rings. The van der Waals surface area contributed by atoms with Gasteiger partial charge in [0.1, 0.15) is 0 Å². The fourth-order valence-corrected chi connectivity index (χ4v) is 2.45. The SMILES string of the molecule is Cc1cc(CNS(=O)(=O)c2ccc(C#N)cc2)on1. The summed E-state index contributed by atoms with van der Waals surface area (Å²) in [4.78, 5) is 0.0998. The third-order valence-electron chi connectivity index (χ3n) is 2.41. The van der Waals surface area contributed by atoms with Gasteiger partial charge in [-0.3, -0.25) is 0 Å². The highest BCUT2D eigenvalue weighted by atomic mass is 32.2. The topological polar surface area (TPSA) is 96.0 Å². The van der Waals surface area contributed by atoms with Crippen LogP contribution in [0.25, 0.3) is 0 Å². The second kappa shape index (κ2) is 5.22. The van der Waals surface area contributed by atoms with Crippen LogP contribution in [0.2, 0.25) is 0 Å². The monoisotopic (exact) mass is 277 g/mol. The molecule has 0 spiro atoms. The van der Waals surface area contributed by atoms with Crippen molar-refractivity contribution < 1.29 is 12.9 Å². The number of nitriles is 1. The quantitative estimate of drug-likeness (QED) is 0.909. The first-order valence-corrected chi connectivity index (χ1v) is 6.91. The Labute approximate surface area is 110 Å². The molecule has 1 aromatic heterocycles. The number of rotatable bonds is 4. The highest BCUT2D eigenvalue weighted by molar-refractivity contribution is 7.89. The first kappa shape index (κ1) is 13.3. The largest absolute Gasteiger partial charge is 0.360 e. The number of aryl methyl sites for hydroxylation is 1. The Morgan fingerprint density at radius 3 is 2.58 bits per heavy atom. The highest BCUT2D eigenvalue weighted by Gasteiger charge is 2.14. The van der Waals surface area contributed by atoms with Crippen molar-refractivity contribution in [3.05, 3.63) is 47.3 Å².